The fourth-order valence-corrected chi connectivity index (χ4v) is 1.53. The molecule has 1 fully saturated rings. The summed E-state index contributed by atoms with van der Waals surface area (Å²) < 4.78 is 0. The van der Waals surface area contributed by atoms with Crippen molar-refractivity contribution in [1.29, 1.82) is 5.26 Å². The Morgan fingerprint density at radius 1 is 1.58 bits per heavy atom. The monoisotopic (exact) mass is 164 g/mol. The average molecular weight is 164 g/mol. The smallest absolute Gasteiger partial charge is 0.0745 e. The minimum atomic E-state index is 0.481. The van der Waals surface area contributed by atoms with Crippen molar-refractivity contribution in [1.82, 2.24) is 4.90 Å². The summed E-state index contributed by atoms with van der Waals surface area (Å²) >= 11 is 0. The second-order valence-corrected chi connectivity index (χ2v) is 3.57. The highest BCUT2D eigenvalue weighted by Gasteiger charge is 2.15. The summed E-state index contributed by atoms with van der Waals surface area (Å²) in [6.45, 7) is 8.35. The number of hydrogen-bond donors (Lipinski definition) is 0. The number of rotatable bonds is 2. The lowest BCUT2D eigenvalue weighted by Gasteiger charge is -2.32. The van der Waals surface area contributed by atoms with Crippen molar-refractivity contribution in [2.45, 2.75) is 26.2 Å². The van der Waals surface area contributed by atoms with Crippen LogP contribution in [0.4, 0.5) is 0 Å². The number of likely N-dealkylation sites (tertiary alicyclic amines) is 1. The molecule has 12 heavy (non-hydrogen) atoms. The van der Waals surface area contributed by atoms with Gasteiger partial charge in [-0.2, -0.15) is 5.26 Å². The maximum absolute atomic E-state index is 8.48. The molecule has 0 radical (unpaired) electrons. The van der Waals surface area contributed by atoms with Gasteiger partial charge in [-0.1, -0.05) is 13.5 Å². The molecule has 2 nitrogen and oxygen atoms in total. The molecule has 0 aromatic heterocycles. The molecule has 0 unspecified atom stereocenters. The molecule has 0 N–H and O–H groups in total. The van der Waals surface area contributed by atoms with Crippen LogP contribution in [0, 0.1) is 17.2 Å². The van der Waals surface area contributed by atoms with Gasteiger partial charge in [0, 0.05) is 18.8 Å². The Kier molecular flexibility index (Phi) is 3.16. The van der Waals surface area contributed by atoms with Crippen molar-refractivity contribution in [2.75, 3.05) is 13.1 Å². The summed E-state index contributed by atoms with van der Waals surface area (Å²) in [5.74, 6) is 0.844. The van der Waals surface area contributed by atoms with Crippen LogP contribution in [0.25, 0.3) is 0 Å². The molecule has 0 aliphatic carbocycles. The van der Waals surface area contributed by atoms with Crippen molar-refractivity contribution in [3.8, 4) is 6.07 Å². The maximum atomic E-state index is 8.48. The van der Waals surface area contributed by atoms with Crippen molar-refractivity contribution in [3.05, 3.63) is 12.3 Å². The highest BCUT2D eigenvalue weighted by molar-refractivity contribution is 5.02. The second-order valence-electron chi connectivity index (χ2n) is 3.57. The summed E-state index contributed by atoms with van der Waals surface area (Å²) in [6, 6.07) is 2.13. The van der Waals surface area contributed by atoms with E-state index < -0.39 is 0 Å². The number of nitriles is 1. The summed E-state index contributed by atoms with van der Waals surface area (Å²) in [5, 5.41) is 8.48. The van der Waals surface area contributed by atoms with Crippen molar-refractivity contribution in [3.63, 3.8) is 0 Å². The van der Waals surface area contributed by atoms with E-state index in [1.54, 1.807) is 0 Å². The number of hydrogen-bond acceptors (Lipinski definition) is 2. The van der Waals surface area contributed by atoms with Crippen LogP contribution in [0.1, 0.15) is 26.2 Å². The molecule has 1 heterocycles. The van der Waals surface area contributed by atoms with E-state index in [9.17, 15) is 0 Å². The van der Waals surface area contributed by atoms with Gasteiger partial charge in [0.1, 0.15) is 0 Å². The van der Waals surface area contributed by atoms with Gasteiger partial charge < -0.3 is 4.90 Å². The number of nitrogens with zero attached hydrogens (tertiary/aromatic N) is 2. The number of piperidine rings is 1. The summed E-state index contributed by atoms with van der Waals surface area (Å²) in [7, 11) is 0. The van der Waals surface area contributed by atoms with Crippen LogP contribution < -0.4 is 0 Å². The lowest BCUT2D eigenvalue weighted by Crippen LogP contribution is -2.31. The predicted molar refractivity (Wildman–Crippen MR) is 49.3 cm³/mol. The maximum Gasteiger partial charge on any atom is 0.0745 e. The molecule has 0 amide bonds. The van der Waals surface area contributed by atoms with Gasteiger partial charge in [-0.3, -0.25) is 0 Å². The first-order valence-electron chi connectivity index (χ1n) is 4.53. The van der Waals surface area contributed by atoms with E-state index in [4.69, 9.17) is 5.26 Å². The summed E-state index contributed by atoms with van der Waals surface area (Å²) in [4.78, 5) is 2.24. The van der Waals surface area contributed by atoms with E-state index in [0.717, 1.165) is 24.7 Å². The molecular formula is C10H16N2. The first-order chi connectivity index (χ1) is 5.74. The molecule has 0 atom stereocenters. The molecule has 0 aromatic rings. The Morgan fingerprint density at radius 2 is 2.17 bits per heavy atom. The highest BCUT2D eigenvalue weighted by Crippen LogP contribution is 2.19. The molecule has 0 aromatic carbocycles. The van der Waals surface area contributed by atoms with Crippen molar-refractivity contribution < 1.29 is 0 Å². The molecule has 1 rings (SSSR count). The van der Waals surface area contributed by atoms with Gasteiger partial charge in [0.15, 0.2) is 0 Å². The molecule has 0 spiro atoms. The van der Waals surface area contributed by atoms with Gasteiger partial charge in [-0.15, -0.1) is 0 Å². The van der Waals surface area contributed by atoms with Gasteiger partial charge >= 0.3 is 0 Å². The van der Waals surface area contributed by atoms with Gasteiger partial charge in [-0.05, 0) is 18.8 Å². The standard InChI is InChI=1S/C10H16N2/c1-9-4-7-12(8-5-9)10(2)3-6-11/h9H,2-5,7-8H2,1H3. The van der Waals surface area contributed by atoms with Crippen molar-refractivity contribution >= 4 is 0 Å². The zero-order valence-corrected chi connectivity index (χ0v) is 7.71. The lowest BCUT2D eigenvalue weighted by atomic mass is 9.99. The van der Waals surface area contributed by atoms with Crippen LogP contribution in [0.5, 0.6) is 0 Å². The van der Waals surface area contributed by atoms with E-state index in [1.807, 2.05) is 0 Å². The van der Waals surface area contributed by atoms with E-state index in [1.165, 1.54) is 12.8 Å². The largest absolute Gasteiger partial charge is 0.374 e. The zero-order chi connectivity index (χ0) is 8.97. The Balaban J connectivity index is 2.35. The van der Waals surface area contributed by atoms with Gasteiger partial charge in [0.25, 0.3) is 0 Å². The Bertz CT molecular complexity index is 194. The third-order valence-electron chi connectivity index (χ3n) is 2.51. The van der Waals surface area contributed by atoms with Crippen LogP contribution in [0.15, 0.2) is 12.3 Å². The molecule has 0 saturated carbocycles. The van der Waals surface area contributed by atoms with Crippen LogP contribution >= 0.6 is 0 Å². The van der Waals surface area contributed by atoms with Gasteiger partial charge in [0.2, 0.25) is 0 Å². The second kappa shape index (κ2) is 4.15. The van der Waals surface area contributed by atoms with Crippen LogP contribution in [0.3, 0.4) is 0 Å². The molecular weight excluding hydrogens is 148 g/mol. The highest BCUT2D eigenvalue weighted by atomic mass is 15.1. The van der Waals surface area contributed by atoms with Gasteiger partial charge in [0.05, 0.1) is 12.5 Å². The van der Waals surface area contributed by atoms with E-state index in [2.05, 4.69) is 24.5 Å². The lowest BCUT2D eigenvalue weighted by molar-refractivity contribution is 0.235. The summed E-state index contributed by atoms with van der Waals surface area (Å²) in [6.07, 6.45) is 2.96. The first kappa shape index (κ1) is 9.12. The zero-order valence-electron chi connectivity index (χ0n) is 7.71. The molecule has 1 saturated heterocycles. The topological polar surface area (TPSA) is 27.0 Å². The molecule has 66 valence electrons. The SMILES string of the molecule is C=C(CC#N)N1CCC(C)CC1. The minimum absolute atomic E-state index is 0.481. The molecule has 1 aliphatic heterocycles. The van der Waals surface area contributed by atoms with E-state index in [0.29, 0.717) is 6.42 Å². The predicted octanol–water partition coefficient (Wildman–Crippen LogP) is 2.15. The Morgan fingerprint density at radius 3 is 2.67 bits per heavy atom. The molecule has 0 bridgehead atoms. The van der Waals surface area contributed by atoms with E-state index in [-0.39, 0.29) is 0 Å². The normalized spacial score (nSPS) is 18.8. The minimum Gasteiger partial charge on any atom is -0.374 e. The van der Waals surface area contributed by atoms with E-state index >= 15 is 0 Å². The molecule has 2 heteroatoms. The Labute approximate surface area is 74.5 Å². The van der Waals surface area contributed by atoms with Crippen LogP contribution in [-0.4, -0.2) is 18.0 Å². The molecule has 1 aliphatic rings. The fraction of sp³-hybridized carbons (Fsp3) is 0.700. The number of allylic oxidation sites excluding steroid dienone is 1. The van der Waals surface area contributed by atoms with Crippen LogP contribution in [-0.2, 0) is 0 Å². The average Bonchev–Trinajstić information content (AvgIpc) is 2.06. The summed E-state index contributed by atoms with van der Waals surface area (Å²) in [5.41, 5.74) is 0.990. The third kappa shape index (κ3) is 2.27. The Hall–Kier alpha value is -0.970. The van der Waals surface area contributed by atoms with Gasteiger partial charge in [-0.25, -0.2) is 0 Å². The first-order valence-corrected chi connectivity index (χ1v) is 4.53. The fourth-order valence-electron chi connectivity index (χ4n) is 1.53. The third-order valence-corrected chi connectivity index (χ3v) is 2.51. The van der Waals surface area contributed by atoms with Crippen molar-refractivity contribution in [2.24, 2.45) is 5.92 Å². The van der Waals surface area contributed by atoms with Crippen LogP contribution in [0.2, 0.25) is 0 Å². The quantitative estimate of drug-likeness (QED) is 0.625.